The van der Waals surface area contributed by atoms with Crippen LogP contribution in [0.15, 0.2) is 42.5 Å². The molecule has 1 aliphatic heterocycles. The van der Waals surface area contributed by atoms with Gasteiger partial charge in [-0.3, -0.25) is 14.5 Å². The van der Waals surface area contributed by atoms with Gasteiger partial charge in [-0.1, -0.05) is 23.7 Å². The zero-order valence-corrected chi connectivity index (χ0v) is 16.0. The van der Waals surface area contributed by atoms with Crippen molar-refractivity contribution in [1.82, 2.24) is 10.2 Å². The quantitative estimate of drug-likeness (QED) is 0.775. The molecule has 0 spiro atoms. The molecule has 0 aliphatic carbocycles. The molecule has 8 heteroatoms. The van der Waals surface area contributed by atoms with Crippen LogP contribution in [0.2, 0.25) is 5.02 Å². The molecule has 1 aliphatic rings. The van der Waals surface area contributed by atoms with Gasteiger partial charge in [0, 0.05) is 10.7 Å². The van der Waals surface area contributed by atoms with E-state index in [-0.39, 0.29) is 0 Å². The number of hydrogen-bond donors (Lipinski definition) is 2. The smallest absolute Gasteiger partial charge is 0.324 e. The first-order valence-electron chi connectivity index (χ1n) is 8.45. The van der Waals surface area contributed by atoms with E-state index in [1.165, 1.54) is 0 Å². The molecule has 2 aromatic rings. The number of aryl methyl sites for hydroxylation is 1. The van der Waals surface area contributed by atoms with E-state index in [1.54, 1.807) is 56.3 Å². The number of rotatable bonds is 4. The van der Waals surface area contributed by atoms with Crippen molar-refractivity contribution in [3.8, 4) is 6.07 Å². The lowest BCUT2D eigenvalue weighted by Crippen LogP contribution is -2.42. The minimum Gasteiger partial charge on any atom is -0.324 e. The van der Waals surface area contributed by atoms with E-state index in [0.29, 0.717) is 21.8 Å². The Morgan fingerprint density at radius 1 is 1.25 bits per heavy atom. The van der Waals surface area contributed by atoms with Crippen LogP contribution in [0.5, 0.6) is 0 Å². The molecular weight excluding hydrogens is 380 g/mol. The first-order chi connectivity index (χ1) is 13.2. The Morgan fingerprint density at radius 2 is 1.93 bits per heavy atom. The first kappa shape index (κ1) is 19.4. The molecule has 0 bridgehead atoms. The van der Waals surface area contributed by atoms with Gasteiger partial charge >= 0.3 is 6.03 Å². The highest BCUT2D eigenvalue weighted by Crippen LogP contribution is 2.29. The third-order valence-corrected chi connectivity index (χ3v) is 4.87. The van der Waals surface area contributed by atoms with Gasteiger partial charge in [-0.05, 0) is 55.3 Å². The van der Waals surface area contributed by atoms with Crippen molar-refractivity contribution >= 4 is 35.1 Å². The highest BCUT2D eigenvalue weighted by molar-refractivity contribution is 6.30. The summed E-state index contributed by atoms with van der Waals surface area (Å²) in [6.07, 6.45) is 0. The van der Waals surface area contributed by atoms with Gasteiger partial charge in [-0.2, -0.15) is 5.26 Å². The van der Waals surface area contributed by atoms with Gasteiger partial charge < -0.3 is 10.6 Å². The van der Waals surface area contributed by atoms with Crippen LogP contribution in [-0.2, 0) is 15.1 Å². The average molecular weight is 397 g/mol. The zero-order valence-electron chi connectivity index (χ0n) is 15.2. The fourth-order valence-electron chi connectivity index (χ4n) is 3.01. The van der Waals surface area contributed by atoms with E-state index in [2.05, 4.69) is 10.6 Å². The van der Waals surface area contributed by atoms with Crippen LogP contribution in [0.3, 0.4) is 0 Å². The third-order valence-electron chi connectivity index (χ3n) is 4.63. The summed E-state index contributed by atoms with van der Waals surface area (Å²) in [7, 11) is 0. The van der Waals surface area contributed by atoms with Gasteiger partial charge in [0.15, 0.2) is 0 Å². The molecule has 2 aromatic carbocycles. The Labute approximate surface area is 166 Å². The first-order valence-corrected chi connectivity index (χ1v) is 8.83. The summed E-state index contributed by atoms with van der Waals surface area (Å²) in [5.41, 5.74) is 0.985. The van der Waals surface area contributed by atoms with Crippen molar-refractivity contribution in [2.45, 2.75) is 19.4 Å². The SMILES string of the molecule is Cc1cc(Cl)ccc1NC(=O)CN1C(=O)NC(C)(c2ccc(C#N)cc2)C1=O. The van der Waals surface area contributed by atoms with Crippen molar-refractivity contribution < 1.29 is 14.4 Å². The van der Waals surface area contributed by atoms with E-state index in [9.17, 15) is 14.4 Å². The van der Waals surface area contributed by atoms with E-state index in [1.807, 2.05) is 6.07 Å². The maximum Gasteiger partial charge on any atom is 0.325 e. The van der Waals surface area contributed by atoms with E-state index in [4.69, 9.17) is 16.9 Å². The molecule has 1 fully saturated rings. The second kappa shape index (κ2) is 7.33. The van der Waals surface area contributed by atoms with Crippen LogP contribution >= 0.6 is 11.6 Å². The number of nitrogens with zero attached hydrogens (tertiary/aromatic N) is 2. The highest BCUT2D eigenvalue weighted by atomic mass is 35.5. The molecule has 1 unspecified atom stereocenters. The summed E-state index contributed by atoms with van der Waals surface area (Å²) in [5, 5.41) is 14.8. The lowest BCUT2D eigenvalue weighted by atomic mass is 9.91. The number of urea groups is 1. The summed E-state index contributed by atoms with van der Waals surface area (Å²) in [6.45, 7) is 2.94. The monoisotopic (exact) mass is 396 g/mol. The van der Waals surface area contributed by atoms with Crippen molar-refractivity contribution in [3.05, 3.63) is 64.2 Å². The van der Waals surface area contributed by atoms with Crippen LogP contribution in [0.1, 0.15) is 23.6 Å². The molecule has 142 valence electrons. The number of hydrogen-bond acceptors (Lipinski definition) is 4. The number of benzene rings is 2. The van der Waals surface area contributed by atoms with Crippen molar-refractivity contribution in [2.24, 2.45) is 0 Å². The molecule has 7 nitrogen and oxygen atoms in total. The van der Waals surface area contributed by atoms with Crippen LogP contribution in [0, 0.1) is 18.3 Å². The number of nitrogens with one attached hydrogen (secondary N) is 2. The number of carbonyl (C=O) groups is 3. The molecule has 1 saturated heterocycles. The third kappa shape index (κ3) is 3.55. The maximum atomic E-state index is 12.9. The Balaban J connectivity index is 1.76. The molecule has 28 heavy (non-hydrogen) atoms. The number of anilines is 1. The van der Waals surface area contributed by atoms with Crippen molar-refractivity contribution in [1.29, 1.82) is 5.26 Å². The van der Waals surface area contributed by atoms with Crippen LogP contribution in [0.25, 0.3) is 0 Å². The minimum absolute atomic E-state index is 0.418. The van der Waals surface area contributed by atoms with Gasteiger partial charge in [-0.15, -0.1) is 0 Å². The predicted octanol–water partition coefficient (Wildman–Crippen LogP) is 2.93. The number of carbonyl (C=O) groups excluding carboxylic acids is 3. The van der Waals surface area contributed by atoms with Gasteiger partial charge in [0.2, 0.25) is 5.91 Å². The fourth-order valence-corrected chi connectivity index (χ4v) is 3.24. The van der Waals surface area contributed by atoms with E-state index < -0.39 is 29.9 Å². The molecule has 1 heterocycles. The molecule has 0 radical (unpaired) electrons. The normalized spacial score (nSPS) is 18.6. The fraction of sp³-hybridized carbons (Fsp3) is 0.200. The Hall–Kier alpha value is -3.37. The highest BCUT2D eigenvalue weighted by Gasteiger charge is 2.49. The van der Waals surface area contributed by atoms with E-state index >= 15 is 0 Å². The topological polar surface area (TPSA) is 102 Å². The van der Waals surface area contributed by atoms with Gasteiger partial charge in [0.25, 0.3) is 5.91 Å². The van der Waals surface area contributed by atoms with Gasteiger partial charge in [-0.25, -0.2) is 4.79 Å². The molecule has 0 saturated carbocycles. The molecule has 1 atom stereocenters. The summed E-state index contributed by atoms with van der Waals surface area (Å²) in [4.78, 5) is 38.5. The summed E-state index contributed by atoms with van der Waals surface area (Å²) >= 11 is 5.90. The lowest BCUT2D eigenvalue weighted by molar-refractivity contribution is -0.133. The van der Waals surface area contributed by atoms with Crippen LogP contribution < -0.4 is 10.6 Å². The number of amides is 4. The standard InChI is InChI=1S/C20H17ClN4O3/c1-12-9-15(21)7-8-16(12)23-17(26)11-25-18(27)20(2,24-19(25)28)14-5-3-13(10-22)4-6-14/h3-9H,11H2,1-2H3,(H,23,26)(H,24,28). The minimum atomic E-state index is -1.30. The lowest BCUT2D eigenvalue weighted by Gasteiger charge is -2.22. The Morgan fingerprint density at radius 3 is 2.54 bits per heavy atom. The zero-order chi connectivity index (χ0) is 20.5. The van der Waals surface area contributed by atoms with Crippen LogP contribution in [-0.4, -0.2) is 29.3 Å². The number of imide groups is 1. The Kier molecular flexibility index (Phi) is 5.08. The Bertz CT molecular complexity index is 1010. The number of nitriles is 1. The van der Waals surface area contributed by atoms with E-state index in [0.717, 1.165) is 10.5 Å². The number of halogens is 1. The molecule has 3 rings (SSSR count). The van der Waals surface area contributed by atoms with Crippen molar-refractivity contribution in [2.75, 3.05) is 11.9 Å². The summed E-state index contributed by atoms with van der Waals surface area (Å²) in [6, 6.07) is 12.7. The summed E-state index contributed by atoms with van der Waals surface area (Å²) in [5.74, 6) is -1.04. The van der Waals surface area contributed by atoms with Crippen LogP contribution in [0.4, 0.5) is 10.5 Å². The second-order valence-corrected chi connectivity index (χ2v) is 7.08. The second-order valence-electron chi connectivity index (χ2n) is 6.64. The average Bonchev–Trinajstić information content (AvgIpc) is 2.88. The van der Waals surface area contributed by atoms with Crippen molar-refractivity contribution in [3.63, 3.8) is 0 Å². The maximum absolute atomic E-state index is 12.9. The molecular formula is C20H17ClN4O3. The molecule has 2 N–H and O–H groups in total. The van der Waals surface area contributed by atoms with Gasteiger partial charge in [0.1, 0.15) is 12.1 Å². The molecule has 4 amide bonds. The predicted molar refractivity (Wildman–Crippen MR) is 104 cm³/mol. The van der Waals surface area contributed by atoms with Gasteiger partial charge in [0.05, 0.1) is 11.6 Å². The summed E-state index contributed by atoms with van der Waals surface area (Å²) < 4.78 is 0. The molecule has 0 aromatic heterocycles. The largest absolute Gasteiger partial charge is 0.325 e.